The Kier molecular flexibility index (Phi) is 5.29. The van der Waals surface area contributed by atoms with Crippen molar-refractivity contribution < 1.29 is 9.18 Å². The molecule has 1 aliphatic carbocycles. The number of nitrogens with zero attached hydrogens (tertiary/aromatic N) is 1. The van der Waals surface area contributed by atoms with Gasteiger partial charge in [0.25, 0.3) is 0 Å². The Morgan fingerprint density at radius 3 is 2.68 bits per heavy atom. The van der Waals surface area contributed by atoms with Crippen molar-refractivity contribution in [3.05, 3.63) is 62.2 Å². The molecular weight excluding hydrogens is 449 g/mol. The lowest BCUT2D eigenvalue weighted by molar-refractivity contribution is -0.121. The van der Waals surface area contributed by atoms with Crippen LogP contribution in [0.15, 0.2) is 45.7 Å². The molecule has 1 amide bonds. The van der Waals surface area contributed by atoms with E-state index >= 15 is 0 Å². The smallest absolute Gasteiger partial charge is 0.326 e. The van der Waals surface area contributed by atoms with Crippen LogP contribution in [0.3, 0.4) is 0 Å². The lowest BCUT2D eigenvalue weighted by Gasteiger charge is -2.28. The van der Waals surface area contributed by atoms with Crippen molar-refractivity contribution in [2.45, 2.75) is 31.7 Å². The molecule has 0 bridgehead atoms. The van der Waals surface area contributed by atoms with Crippen LogP contribution >= 0.6 is 27.5 Å². The predicted octanol–water partition coefficient (Wildman–Crippen LogP) is 5.25. The number of carbonyl (C=O) groups is 1. The maximum Gasteiger partial charge on any atom is 0.326 e. The summed E-state index contributed by atoms with van der Waals surface area (Å²) in [6, 6.07) is 9.91. The topological polar surface area (TPSA) is 66.9 Å². The summed E-state index contributed by atoms with van der Waals surface area (Å²) in [6.07, 6.45) is 2.83. The van der Waals surface area contributed by atoms with Crippen molar-refractivity contribution >= 4 is 50.2 Å². The number of aromatic nitrogens is 2. The molecule has 0 aliphatic heterocycles. The number of hydrogen-bond acceptors (Lipinski definition) is 2. The average Bonchev–Trinajstić information content (AvgIpc) is 3.02. The van der Waals surface area contributed by atoms with E-state index in [4.69, 9.17) is 11.6 Å². The molecule has 2 N–H and O–H groups in total. The largest absolute Gasteiger partial charge is 0.326 e. The summed E-state index contributed by atoms with van der Waals surface area (Å²) in [4.78, 5) is 27.9. The minimum Gasteiger partial charge on any atom is -0.326 e. The highest BCUT2D eigenvalue weighted by atomic mass is 79.9. The molecule has 28 heavy (non-hydrogen) atoms. The monoisotopic (exact) mass is 465 g/mol. The summed E-state index contributed by atoms with van der Waals surface area (Å²) < 4.78 is 15.9. The van der Waals surface area contributed by atoms with Crippen LogP contribution in [0.2, 0.25) is 5.02 Å². The number of aromatic amines is 1. The Morgan fingerprint density at radius 2 is 1.96 bits per heavy atom. The van der Waals surface area contributed by atoms with Crippen LogP contribution in [-0.4, -0.2) is 15.5 Å². The third-order valence-electron chi connectivity index (χ3n) is 5.32. The Morgan fingerprint density at radius 1 is 1.21 bits per heavy atom. The highest BCUT2D eigenvalue weighted by Gasteiger charge is 2.29. The minimum absolute atomic E-state index is 0.0219. The fourth-order valence-corrected chi connectivity index (χ4v) is 4.53. The van der Waals surface area contributed by atoms with Crippen molar-refractivity contribution in [3.63, 3.8) is 0 Å². The van der Waals surface area contributed by atoms with Gasteiger partial charge in [-0.1, -0.05) is 17.7 Å². The molecule has 0 saturated heterocycles. The number of hydrogen-bond donors (Lipinski definition) is 2. The van der Waals surface area contributed by atoms with E-state index in [1.165, 1.54) is 18.2 Å². The zero-order valence-corrected chi connectivity index (χ0v) is 17.2. The Balaban J connectivity index is 1.45. The lowest BCUT2D eigenvalue weighted by atomic mass is 9.85. The number of halogens is 3. The number of imidazole rings is 1. The van der Waals surface area contributed by atoms with Crippen LogP contribution in [-0.2, 0) is 4.79 Å². The van der Waals surface area contributed by atoms with E-state index in [9.17, 15) is 14.0 Å². The summed E-state index contributed by atoms with van der Waals surface area (Å²) in [5.74, 6) is -0.765. The average molecular weight is 467 g/mol. The van der Waals surface area contributed by atoms with E-state index in [0.717, 1.165) is 28.3 Å². The quantitative estimate of drug-likeness (QED) is 0.553. The molecule has 5 nitrogen and oxygen atoms in total. The fraction of sp³-hybridized carbons (Fsp3) is 0.300. The Hall–Kier alpha value is -2.12. The van der Waals surface area contributed by atoms with Crippen LogP contribution in [0.5, 0.6) is 0 Å². The zero-order chi connectivity index (χ0) is 19.8. The predicted molar refractivity (Wildman–Crippen MR) is 111 cm³/mol. The number of para-hydroxylation sites is 1. The molecule has 1 aliphatic rings. The van der Waals surface area contributed by atoms with E-state index < -0.39 is 5.82 Å². The molecule has 0 atom stereocenters. The maximum absolute atomic E-state index is 13.3. The number of carbonyl (C=O) groups excluding carboxylic acids is 1. The summed E-state index contributed by atoms with van der Waals surface area (Å²) in [6.45, 7) is 0. The number of H-pyrrole nitrogens is 1. The van der Waals surface area contributed by atoms with Crippen molar-refractivity contribution in [2.75, 3.05) is 5.32 Å². The first-order valence-corrected chi connectivity index (χ1v) is 10.3. The third kappa shape index (κ3) is 3.61. The van der Waals surface area contributed by atoms with Crippen molar-refractivity contribution in [1.82, 2.24) is 9.55 Å². The molecule has 1 heterocycles. The molecule has 2 aromatic carbocycles. The van der Waals surface area contributed by atoms with E-state index in [-0.39, 0.29) is 28.6 Å². The van der Waals surface area contributed by atoms with Gasteiger partial charge < -0.3 is 10.3 Å². The van der Waals surface area contributed by atoms with Crippen molar-refractivity contribution in [2.24, 2.45) is 5.92 Å². The van der Waals surface area contributed by atoms with Gasteiger partial charge in [0, 0.05) is 22.1 Å². The minimum atomic E-state index is -0.518. The standard InChI is InChI=1S/C20H18BrClFN3O2/c21-14-2-1-3-17-18(14)25-20(28)26(17)13-7-4-11(5-8-13)19(27)24-12-6-9-16(23)15(22)10-12/h1-3,6,9-11,13H,4-5,7-8H2,(H,24,27)(H,25,28). The number of rotatable bonds is 3. The Labute approximate surface area is 174 Å². The highest BCUT2D eigenvalue weighted by Crippen LogP contribution is 2.34. The molecule has 8 heteroatoms. The summed E-state index contributed by atoms with van der Waals surface area (Å²) in [5.41, 5.74) is 2.01. The normalized spacial score (nSPS) is 19.7. The van der Waals surface area contributed by atoms with E-state index in [2.05, 4.69) is 26.2 Å². The molecule has 1 aromatic heterocycles. The number of anilines is 1. The first-order valence-electron chi connectivity index (χ1n) is 9.08. The number of nitrogens with one attached hydrogen (secondary N) is 2. The maximum atomic E-state index is 13.3. The molecule has 4 rings (SSSR count). The van der Waals surface area contributed by atoms with Gasteiger partial charge in [-0.05, 0) is 71.9 Å². The van der Waals surface area contributed by atoms with Crippen LogP contribution in [0.1, 0.15) is 31.7 Å². The van der Waals surface area contributed by atoms with Gasteiger partial charge in [0.1, 0.15) is 5.82 Å². The van der Waals surface area contributed by atoms with Gasteiger partial charge in [-0.3, -0.25) is 9.36 Å². The van der Waals surface area contributed by atoms with Crippen molar-refractivity contribution in [3.8, 4) is 0 Å². The van der Waals surface area contributed by atoms with Crippen molar-refractivity contribution in [1.29, 1.82) is 0 Å². The van der Waals surface area contributed by atoms with Gasteiger partial charge in [-0.15, -0.1) is 0 Å². The highest BCUT2D eigenvalue weighted by molar-refractivity contribution is 9.10. The van der Waals surface area contributed by atoms with Gasteiger partial charge in [0.15, 0.2) is 0 Å². The van der Waals surface area contributed by atoms with Gasteiger partial charge in [-0.2, -0.15) is 0 Å². The number of amides is 1. The van der Waals surface area contributed by atoms with Gasteiger partial charge >= 0.3 is 5.69 Å². The molecule has 0 spiro atoms. The first-order chi connectivity index (χ1) is 13.4. The SMILES string of the molecule is O=C(Nc1ccc(F)c(Cl)c1)C1CCC(n2c(=O)[nH]c3c(Br)cccc32)CC1. The summed E-state index contributed by atoms with van der Waals surface area (Å²) in [5, 5.41) is 2.78. The van der Waals surface area contributed by atoms with Crippen LogP contribution in [0.4, 0.5) is 10.1 Å². The van der Waals surface area contributed by atoms with E-state index in [0.29, 0.717) is 18.5 Å². The second-order valence-electron chi connectivity index (χ2n) is 7.06. The second kappa shape index (κ2) is 7.72. The molecule has 1 fully saturated rings. The fourth-order valence-electron chi connectivity index (χ4n) is 3.89. The molecule has 0 radical (unpaired) electrons. The number of benzene rings is 2. The van der Waals surface area contributed by atoms with Crippen LogP contribution in [0, 0.1) is 11.7 Å². The second-order valence-corrected chi connectivity index (χ2v) is 8.32. The lowest BCUT2D eigenvalue weighted by Crippen LogP contribution is -2.31. The van der Waals surface area contributed by atoms with E-state index in [1.807, 2.05) is 18.2 Å². The van der Waals surface area contributed by atoms with Gasteiger partial charge in [0.2, 0.25) is 5.91 Å². The van der Waals surface area contributed by atoms with Crippen LogP contribution in [0.25, 0.3) is 11.0 Å². The molecule has 1 saturated carbocycles. The van der Waals surface area contributed by atoms with E-state index in [1.54, 1.807) is 4.57 Å². The van der Waals surface area contributed by atoms with Gasteiger partial charge in [0.05, 0.1) is 16.1 Å². The van der Waals surface area contributed by atoms with Gasteiger partial charge in [-0.25, -0.2) is 9.18 Å². The summed E-state index contributed by atoms with van der Waals surface area (Å²) in [7, 11) is 0. The third-order valence-corrected chi connectivity index (χ3v) is 6.27. The molecular formula is C20H18BrClFN3O2. The molecule has 3 aromatic rings. The zero-order valence-electron chi connectivity index (χ0n) is 14.8. The molecule has 146 valence electrons. The molecule has 0 unspecified atom stereocenters. The van der Waals surface area contributed by atoms with Crippen LogP contribution < -0.4 is 11.0 Å². The first kappa shape index (κ1) is 19.2. The Bertz CT molecular complexity index is 1100. The number of fused-ring (bicyclic) bond motifs is 1. The summed E-state index contributed by atoms with van der Waals surface area (Å²) >= 11 is 9.24.